The summed E-state index contributed by atoms with van der Waals surface area (Å²) in [5.74, 6) is -0.106. The fourth-order valence-electron chi connectivity index (χ4n) is 0.758. The van der Waals surface area contributed by atoms with Gasteiger partial charge in [0, 0.05) is 6.07 Å². The first-order chi connectivity index (χ1) is 6.27. The molecule has 0 N–H and O–H groups in total. The van der Waals surface area contributed by atoms with Crippen LogP contribution in [0.4, 0.5) is 0 Å². The predicted octanol–water partition coefficient (Wildman–Crippen LogP) is 0.662. The Morgan fingerprint density at radius 2 is 2.23 bits per heavy atom. The van der Waals surface area contributed by atoms with Crippen LogP contribution in [-0.4, -0.2) is 29.9 Å². The van der Waals surface area contributed by atoms with E-state index in [-0.39, 0.29) is 5.69 Å². The molecule has 0 amide bonds. The van der Waals surface area contributed by atoms with Crippen molar-refractivity contribution in [2.45, 2.75) is 6.92 Å². The standard InChI is InChI=1S/C8H10N2O3/c1-3-13-7-5-4-6(9-10-7)8(11)12-2/h4-5H,3H2,1-2H3. The zero-order valence-electron chi connectivity index (χ0n) is 7.48. The molecule has 0 saturated carbocycles. The van der Waals surface area contributed by atoms with Gasteiger partial charge in [-0.1, -0.05) is 0 Å². The van der Waals surface area contributed by atoms with Crippen molar-refractivity contribution in [3.8, 4) is 5.88 Å². The van der Waals surface area contributed by atoms with Gasteiger partial charge in [0.1, 0.15) is 0 Å². The largest absolute Gasteiger partial charge is 0.477 e. The number of hydrogen-bond donors (Lipinski definition) is 0. The van der Waals surface area contributed by atoms with Crippen LogP contribution in [-0.2, 0) is 4.74 Å². The van der Waals surface area contributed by atoms with Gasteiger partial charge in [0.05, 0.1) is 13.7 Å². The summed E-state index contributed by atoms with van der Waals surface area (Å²) in [4.78, 5) is 10.9. The number of nitrogens with zero attached hydrogens (tertiary/aromatic N) is 2. The Hall–Kier alpha value is -1.65. The van der Waals surface area contributed by atoms with Crippen LogP contribution in [0.5, 0.6) is 5.88 Å². The SMILES string of the molecule is CCOc1ccc(C(=O)OC)nn1. The van der Waals surface area contributed by atoms with Crippen LogP contribution in [0.3, 0.4) is 0 Å². The van der Waals surface area contributed by atoms with E-state index in [0.717, 1.165) is 0 Å². The summed E-state index contributed by atoms with van der Waals surface area (Å²) in [7, 11) is 1.29. The summed E-state index contributed by atoms with van der Waals surface area (Å²) in [6, 6.07) is 3.08. The molecule has 0 saturated heterocycles. The maximum Gasteiger partial charge on any atom is 0.358 e. The number of carbonyl (C=O) groups excluding carboxylic acids is 1. The Morgan fingerprint density at radius 1 is 1.46 bits per heavy atom. The van der Waals surface area contributed by atoms with Crippen LogP contribution >= 0.6 is 0 Å². The van der Waals surface area contributed by atoms with Crippen molar-refractivity contribution in [1.82, 2.24) is 10.2 Å². The number of ether oxygens (including phenoxy) is 2. The van der Waals surface area contributed by atoms with Gasteiger partial charge in [0.15, 0.2) is 5.69 Å². The maximum absolute atomic E-state index is 10.9. The van der Waals surface area contributed by atoms with Crippen LogP contribution in [0.25, 0.3) is 0 Å². The van der Waals surface area contributed by atoms with Gasteiger partial charge in [-0.05, 0) is 13.0 Å². The van der Waals surface area contributed by atoms with Crippen LogP contribution < -0.4 is 4.74 Å². The van der Waals surface area contributed by atoms with Gasteiger partial charge >= 0.3 is 5.97 Å². The van der Waals surface area contributed by atoms with Gasteiger partial charge in [-0.3, -0.25) is 0 Å². The second kappa shape index (κ2) is 4.39. The second-order valence-corrected chi connectivity index (χ2v) is 2.18. The van der Waals surface area contributed by atoms with E-state index in [0.29, 0.717) is 12.5 Å². The molecule has 0 aliphatic rings. The van der Waals surface area contributed by atoms with Crippen molar-refractivity contribution in [2.75, 3.05) is 13.7 Å². The van der Waals surface area contributed by atoms with E-state index in [1.54, 1.807) is 6.07 Å². The molecule has 0 atom stereocenters. The topological polar surface area (TPSA) is 61.3 Å². The van der Waals surface area contributed by atoms with E-state index in [1.165, 1.54) is 13.2 Å². The van der Waals surface area contributed by atoms with Crippen molar-refractivity contribution in [1.29, 1.82) is 0 Å². The van der Waals surface area contributed by atoms with Gasteiger partial charge in [0.25, 0.3) is 0 Å². The van der Waals surface area contributed by atoms with E-state index >= 15 is 0 Å². The van der Waals surface area contributed by atoms with Crippen molar-refractivity contribution >= 4 is 5.97 Å². The zero-order chi connectivity index (χ0) is 9.68. The van der Waals surface area contributed by atoms with Crippen molar-refractivity contribution in [2.24, 2.45) is 0 Å². The minimum atomic E-state index is -0.504. The second-order valence-electron chi connectivity index (χ2n) is 2.18. The quantitative estimate of drug-likeness (QED) is 0.642. The molecule has 5 nitrogen and oxygen atoms in total. The van der Waals surface area contributed by atoms with Gasteiger partial charge in [0.2, 0.25) is 5.88 Å². The molecule has 1 rings (SSSR count). The molecule has 0 fully saturated rings. The van der Waals surface area contributed by atoms with Crippen LogP contribution in [0.2, 0.25) is 0 Å². The molecule has 5 heteroatoms. The van der Waals surface area contributed by atoms with Crippen LogP contribution in [0, 0.1) is 0 Å². The minimum absolute atomic E-state index is 0.172. The van der Waals surface area contributed by atoms with E-state index in [2.05, 4.69) is 14.9 Å². The monoisotopic (exact) mass is 182 g/mol. The third-order valence-corrected chi connectivity index (χ3v) is 1.33. The lowest BCUT2D eigenvalue weighted by Crippen LogP contribution is -2.06. The highest BCUT2D eigenvalue weighted by Crippen LogP contribution is 2.04. The van der Waals surface area contributed by atoms with E-state index < -0.39 is 5.97 Å². The summed E-state index contributed by atoms with van der Waals surface area (Å²) in [6.07, 6.45) is 0. The third kappa shape index (κ3) is 2.40. The van der Waals surface area contributed by atoms with Crippen LogP contribution in [0.1, 0.15) is 17.4 Å². The van der Waals surface area contributed by atoms with Gasteiger partial charge < -0.3 is 9.47 Å². The van der Waals surface area contributed by atoms with E-state index in [9.17, 15) is 4.79 Å². The molecular formula is C8H10N2O3. The van der Waals surface area contributed by atoms with Crippen molar-refractivity contribution in [3.63, 3.8) is 0 Å². The highest BCUT2D eigenvalue weighted by Gasteiger charge is 2.07. The summed E-state index contributed by atoms with van der Waals surface area (Å²) in [5.41, 5.74) is 0.172. The van der Waals surface area contributed by atoms with Gasteiger partial charge in [-0.25, -0.2) is 4.79 Å². The van der Waals surface area contributed by atoms with Crippen LogP contribution in [0.15, 0.2) is 12.1 Å². The summed E-state index contributed by atoms with van der Waals surface area (Å²) >= 11 is 0. The Morgan fingerprint density at radius 3 is 2.69 bits per heavy atom. The fraction of sp³-hybridized carbons (Fsp3) is 0.375. The van der Waals surface area contributed by atoms with Crippen molar-refractivity contribution in [3.05, 3.63) is 17.8 Å². The predicted molar refractivity (Wildman–Crippen MR) is 44.5 cm³/mol. The Balaban J connectivity index is 2.75. The van der Waals surface area contributed by atoms with Crippen molar-refractivity contribution < 1.29 is 14.3 Å². The molecule has 0 radical (unpaired) electrons. The van der Waals surface area contributed by atoms with Gasteiger partial charge in [-0.15, -0.1) is 10.2 Å². The smallest absolute Gasteiger partial charge is 0.358 e. The number of hydrogen-bond acceptors (Lipinski definition) is 5. The lowest BCUT2D eigenvalue weighted by molar-refractivity contribution is 0.0592. The fourth-order valence-corrected chi connectivity index (χ4v) is 0.758. The Kier molecular flexibility index (Phi) is 3.19. The molecule has 1 aromatic heterocycles. The molecule has 70 valence electrons. The average Bonchev–Trinajstić information content (AvgIpc) is 2.18. The number of methoxy groups -OCH3 is 1. The molecule has 13 heavy (non-hydrogen) atoms. The highest BCUT2D eigenvalue weighted by atomic mass is 16.5. The number of carbonyl (C=O) groups is 1. The number of rotatable bonds is 3. The minimum Gasteiger partial charge on any atom is -0.477 e. The normalized spacial score (nSPS) is 9.38. The number of esters is 1. The molecule has 0 aliphatic carbocycles. The first kappa shape index (κ1) is 9.44. The van der Waals surface area contributed by atoms with E-state index in [4.69, 9.17) is 4.74 Å². The summed E-state index contributed by atoms with van der Waals surface area (Å²) < 4.78 is 9.50. The lowest BCUT2D eigenvalue weighted by atomic mass is 10.4. The first-order valence-electron chi connectivity index (χ1n) is 3.82. The summed E-state index contributed by atoms with van der Waals surface area (Å²) in [6.45, 7) is 2.36. The molecule has 1 aromatic rings. The molecule has 0 unspecified atom stereocenters. The number of aromatic nitrogens is 2. The zero-order valence-corrected chi connectivity index (χ0v) is 7.48. The maximum atomic E-state index is 10.9. The highest BCUT2D eigenvalue weighted by molar-refractivity contribution is 5.86. The summed E-state index contributed by atoms with van der Waals surface area (Å²) in [5, 5.41) is 7.28. The Labute approximate surface area is 75.7 Å². The molecule has 0 spiro atoms. The Bertz CT molecular complexity index is 284. The average molecular weight is 182 g/mol. The molecule has 0 aliphatic heterocycles. The lowest BCUT2D eigenvalue weighted by Gasteiger charge is -2.00. The molecule has 0 aromatic carbocycles. The third-order valence-electron chi connectivity index (χ3n) is 1.33. The molecule has 0 bridgehead atoms. The molecule has 1 heterocycles. The van der Waals surface area contributed by atoms with Gasteiger partial charge in [-0.2, -0.15) is 0 Å². The molecular weight excluding hydrogens is 172 g/mol. The van der Waals surface area contributed by atoms with E-state index in [1.807, 2.05) is 6.92 Å². The first-order valence-corrected chi connectivity index (χ1v) is 3.82.